The van der Waals surface area contributed by atoms with Gasteiger partial charge in [0, 0.05) is 18.1 Å². The summed E-state index contributed by atoms with van der Waals surface area (Å²) in [6, 6.07) is 15.0. The van der Waals surface area contributed by atoms with Crippen LogP contribution >= 0.6 is 12.2 Å². The Hall–Kier alpha value is -3.13. The SMILES string of the molecule is O=S(=O)(NNC(=S)Nc1ccc(S(=O)(=O)Nc2ncccn2)cc1)c1ccccc1. The van der Waals surface area contributed by atoms with Crippen molar-refractivity contribution in [1.29, 1.82) is 0 Å². The quantitative estimate of drug-likeness (QED) is 0.302. The fraction of sp³-hybridized carbons (Fsp3) is 0. The van der Waals surface area contributed by atoms with Crippen LogP contribution in [0.2, 0.25) is 0 Å². The van der Waals surface area contributed by atoms with E-state index in [0.29, 0.717) is 5.69 Å². The number of nitrogens with one attached hydrogen (secondary N) is 4. The van der Waals surface area contributed by atoms with E-state index in [9.17, 15) is 16.8 Å². The van der Waals surface area contributed by atoms with Crippen LogP contribution in [0.15, 0.2) is 82.8 Å². The van der Waals surface area contributed by atoms with Gasteiger partial charge in [-0.05, 0) is 54.7 Å². The summed E-state index contributed by atoms with van der Waals surface area (Å²) >= 11 is 5.05. The highest BCUT2D eigenvalue weighted by molar-refractivity contribution is 7.92. The van der Waals surface area contributed by atoms with Crippen molar-refractivity contribution in [2.45, 2.75) is 9.79 Å². The number of aromatic nitrogens is 2. The first-order chi connectivity index (χ1) is 14.3. The van der Waals surface area contributed by atoms with E-state index in [-0.39, 0.29) is 20.9 Å². The van der Waals surface area contributed by atoms with Crippen molar-refractivity contribution in [3.8, 4) is 0 Å². The second-order valence-corrected chi connectivity index (χ2v) is 9.47. The fourth-order valence-corrected chi connectivity index (χ4v) is 4.24. The predicted octanol–water partition coefficient (Wildman–Crippen LogP) is 1.46. The molecule has 0 saturated heterocycles. The minimum atomic E-state index is -3.86. The molecule has 30 heavy (non-hydrogen) atoms. The molecule has 0 radical (unpaired) electrons. The molecule has 156 valence electrons. The Kier molecular flexibility index (Phi) is 6.56. The van der Waals surface area contributed by atoms with E-state index < -0.39 is 20.0 Å². The second-order valence-electron chi connectivity index (χ2n) is 5.70. The lowest BCUT2D eigenvalue weighted by molar-refractivity contribution is 0.577. The standard InChI is InChI=1S/C17H16N6O4S3/c24-29(25,22-16-18-11-4-12-19-16)15-9-7-13(8-10-15)20-17(28)21-23-30(26,27)14-5-2-1-3-6-14/h1-12,23H,(H,18,19,22)(H2,20,21,28). The molecule has 0 aliphatic carbocycles. The normalized spacial score (nSPS) is 11.5. The maximum Gasteiger partial charge on any atom is 0.264 e. The van der Waals surface area contributed by atoms with E-state index in [4.69, 9.17) is 12.2 Å². The fourth-order valence-electron chi connectivity index (χ4n) is 2.18. The monoisotopic (exact) mass is 464 g/mol. The van der Waals surface area contributed by atoms with E-state index in [0.717, 1.165) is 0 Å². The Labute approximate surface area is 178 Å². The van der Waals surface area contributed by atoms with Crippen molar-refractivity contribution in [2.75, 3.05) is 10.0 Å². The molecular formula is C17H16N6O4S3. The largest absolute Gasteiger partial charge is 0.332 e. The Morgan fingerprint density at radius 1 is 0.767 bits per heavy atom. The molecule has 0 aliphatic heterocycles. The van der Waals surface area contributed by atoms with Gasteiger partial charge in [0.1, 0.15) is 0 Å². The number of anilines is 2. The van der Waals surface area contributed by atoms with Gasteiger partial charge in [-0.2, -0.15) is 0 Å². The highest BCUT2D eigenvalue weighted by atomic mass is 32.2. The van der Waals surface area contributed by atoms with Crippen LogP contribution in [-0.2, 0) is 20.0 Å². The van der Waals surface area contributed by atoms with E-state index in [2.05, 4.69) is 30.3 Å². The Balaban J connectivity index is 1.59. The molecule has 2 aromatic carbocycles. The number of hydrazine groups is 1. The van der Waals surface area contributed by atoms with Crippen LogP contribution in [0.3, 0.4) is 0 Å². The summed E-state index contributed by atoms with van der Waals surface area (Å²) in [7, 11) is -7.65. The molecule has 0 bridgehead atoms. The van der Waals surface area contributed by atoms with Crippen molar-refractivity contribution in [2.24, 2.45) is 0 Å². The zero-order valence-corrected chi connectivity index (χ0v) is 17.6. The van der Waals surface area contributed by atoms with Gasteiger partial charge in [0.2, 0.25) is 5.95 Å². The second kappa shape index (κ2) is 9.13. The van der Waals surface area contributed by atoms with Crippen LogP contribution in [0.4, 0.5) is 11.6 Å². The van der Waals surface area contributed by atoms with Gasteiger partial charge in [0.05, 0.1) is 9.79 Å². The first-order valence-electron chi connectivity index (χ1n) is 8.30. The van der Waals surface area contributed by atoms with Gasteiger partial charge < -0.3 is 5.32 Å². The summed E-state index contributed by atoms with van der Waals surface area (Å²) in [5.41, 5.74) is 2.83. The van der Waals surface area contributed by atoms with Crippen LogP contribution in [0, 0.1) is 0 Å². The van der Waals surface area contributed by atoms with Gasteiger partial charge >= 0.3 is 0 Å². The molecule has 0 aliphatic rings. The van der Waals surface area contributed by atoms with Crippen LogP contribution in [0.1, 0.15) is 0 Å². The van der Waals surface area contributed by atoms with Gasteiger partial charge in [0.15, 0.2) is 5.11 Å². The first-order valence-corrected chi connectivity index (χ1v) is 11.7. The number of nitrogens with zero attached hydrogens (tertiary/aromatic N) is 2. The molecule has 1 aromatic heterocycles. The van der Waals surface area contributed by atoms with Crippen LogP contribution in [0.25, 0.3) is 0 Å². The number of thiocarbonyl (C=S) groups is 1. The summed E-state index contributed by atoms with van der Waals surface area (Å²) in [6.07, 6.45) is 2.83. The lowest BCUT2D eigenvalue weighted by Gasteiger charge is -2.12. The Morgan fingerprint density at radius 2 is 1.37 bits per heavy atom. The summed E-state index contributed by atoms with van der Waals surface area (Å²) in [5, 5.41) is 2.72. The smallest absolute Gasteiger partial charge is 0.264 e. The average molecular weight is 465 g/mol. The van der Waals surface area contributed by atoms with Crippen molar-refractivity contribution < 1.29 is 16.8 Å². The van der Waals surface area contributed by atoms with E-state index >= 15 is 0 Å². The topological polar surface area (TPSA) is 142 Å². The van der Waals surface area contributed by atoms with Gasteiger partial charge in [0.25, 0.3) is 20.0 Å². The number of rotatable bonds is 7. The summed E-state index contributed by atoms with van der Waals surface area (Å²) in [6.45, 7) is 0. The number of hydrogen-bond donors (Lipinski definition) is 4. The molecule has 0 amide bonds. The molecule has 13 heteroatoms. The highest BCUT2D eigenvalue weighted by Crippen LogP contribution is 2.16. The molecule has 0 saturated carbocycles. The third kappa shape index (κ3) is 5.70. The molecule has 0 atom stereocenters. The molecule has 0 spiro atoms. The summed E-state index contributed by atoms with van der Waals surface area (Å²) in [4.78, 5) is 9.85. The van der Waals surface area contributed by atoms with Gasteiger partial charge in [-0.25, -0.2) is 31.5 Å². The van der Waals surface area contributed by atoms with Gasteiger partial charge in [-0.3, -0.25) is 5.43 Å². The van der Waals surface area contributed by atoms with E-state index in [1.807, 2.05) is 0 Å². The number of benzene rings is 2. The Bertz CT molecular complexity index is 1220. The third-order valence-corrected chi connectivity index (χ3v) is 6.38. The van der Waals surface area contributed by atoms with Crippen molar-refractivity contribution in [1.82, 2.24) is 20.2 Å². The van der Waals surface area contributed by atoms with Crippen LogP contribution in [0.5, 0.6) is 0 Å². The van der Waals surface area contributed by atoms with E-state index in [1.165, 1.54) is 48.8 Å². The summed E-state index contributed by atoms with van der Waals surface area (Å²) in [5.74, 6) is -0.0456. The van der Waals surface area contributed by atoms with Crippen molar-refractivity contribution >= 4 is 49.0 Å². The third-order valence-electron chi connectivity index (χ3n) is 3.57. The molecular weight excluding hydrogens is 448 g/mol. The molecule has 0 unspecified atom stereocenters. The molecule has 0 fully saturated rings. The van der Waals surface area contributed by atoms with Crippen molar-refractivity contribution in [3.05, 3.63) is 73.1 Å². The number of sulfonamides is 2. The summed E-state index contributed by atoms with van der Waals surface area (Å²) < 4.78 is 51.3. The van der Waals surface area contributed by atoms with Gasteiger partial charge in [-0.1, -0.05) is 18.2 Å². The van der Waals surface area contributed by atoms with Crippen molar-refractivity contribution in [3.63, 3.8) is 0 Å². The van der Waals surface area contributed by atoms with E-state index in [1.54, 1.807) is 24.3 Å². The molecule has 3 rings (SSSR count). The zero-order valence-electron chi connectivity index (χ0n) is 15.2. The van der Waals surface area contributed by atoms with Crippen LogP contribution in [-0.4, -0.2) is 31.9 Å². The zero-order chi connectivity index (χ0) is 21.6. The molecule has 10 nitrogen and oxygen atoms in total. The minimum absolute atomic E-state index is 0.0100. The molecule has 3 aromatic rings. The lowest BCUT2D eigenvalue weighted by Crippen LogP contribution is -2.43. The molecule has 1 heterocycles. The first kappa shape index (κ1) is 21.6. The molecule has 4 N–H and O–H groups in total. The number of hydrogen-bond acceptors (Lipinski definition) is 7. The highest BCUT2D eigenvalue weighted by Gasteiger charge is 2.16. The predicted molar refractivity (Wildman–Crippen MR) is 115 cm³/mol. The minimum Gasteiger partial charge on any atom is -0.332 e. The maximum absolute atomic E-state index is 12.4. The average Bonchev–Trinajstić information content (AvgIpc) is 2.74. The maximum atomic E-state index is 12.4. The Morgan fingerprint density at radius 3 is 2.00 bits per heavy atom. The lowest BCUT2D eigenvalue weighted by atomic mass is 10.3. The van der Waals surface area contributed by atoms with Crippen LogP contribution < -0.4 is 20.3 Å². The van der Waals surface area contributed by atoms with Gasteiger partial charge in [-0.15, -0.1) is 4.83 Å².